The molecular formula is C27H46O2. The van der Waals surface area contributed by atoms with Crippen LogP contribution in [0.2, 0.25) is 0 Å². The van der Waals surface area contributed by atoms with Gasteiger partial charge in [-0.25, -0.2) is 0 Å². The van der Waals surface area contributed by atoms with Crippen molar-refractivity contribution in [3.63, 3.8) is 0 Å². The zero-order valence-corrected chi connectivity index (χ0v) is 19.7. The lowest BCUT2D eigenvalue weighted by atomic mass is 9.46. The first-order chi connectivity index (χ1) is 13.7. The summed E-state index contributed by atoms with van der Waals surface area (Å²) in [6, 6.07) is 0. The summed E-state index contributed by atoms with van der Waals surface area (Å²) in [4.78, 5) is 0. The molecule has 0 heterocycles. The van der Waals surface area contributed by atoms with Gasteiger partial charge in [0.25, 0.3) is 0 Å². The minimum Gasteiger partial charge on any atom is -0.390 e. The molecule has 0 unspecified atom stereocenters. The Morgan fingerprint density at radius 1 is 1.00 bits per heavy atom. The Morgan fingerprint density at radius 3 is 2.48 bits per heavy atom. The summed E-state index contributed by atoms with van der Waals surface area (Å²) in [6.45, 7) is 12.3. The standard InChI is InChI=1S/C27H46O2/c1-17(2)7-6-8-18(3)21-11-12-22-20-10-9-19-15-24(28)25(29)16-27(19,5)23(20)13-14-26(21,22)4/h9,17-18,20-25,28-29H,6-8,10-16H2,1-5H3/t18-,20+,21-,22+,23+,24+,25-,26-,27+/m1/s1. The minimum absolute atomic E-state index is 0.115. The van der Waals surface area contributed by atoms with E-state index in [2.05, 4.69) is 40.7 Å². The van der Waals surface area contributed by atoms with Crippen LogP contribution in [0, 0.1) is 46.3 Å². The Balaban J connectivity index is 1.50. The summed E-state index contributed by atoms with van der Waals surface area (Å²) in [7, 11) is 0. The molecule has 0 spiro atoms. The molecule has 4 rings (SSSR count). The molecule has 2 nitrogen and oxygen atoms in total. The third-order valence-corrected chi connectivity index (χ3v) is 10.3. The number of aliphatic hydroxyl groups is 2. The summed E-state index contributed by atoms with van der Waals surface area (Å²) in [5.74, 6) is 4.95. The van der Waals surface area contributed by atoms with Crippen molar-refractivity contribution in [3.8, 4) is 0 Å². The highest BCUT2D eigenvalue weighted by Gasteiger charge is 2.59. The maximum Gasteiger partial charge on any atom is 0.0836 e. The molecule has 9 atom stereocenters. The van der Waals surface area contributed by atoms with E-state index in [1.54, 1.807) is 0 Å². The minimum atomic E-state index is -0.553. The topological polar surface area (TPSA) is 40.5 Å². The molecular weight excluding hydrogens is 356 g/mol. The number of hydrogen-bond donors (Lipinski definition) is 2. The van der Waals surface area contributed by atoms with Gasteiger partial charge in [0.1, 0.15) is 0 Å². The molecule has 0 aromatic rings. The number of hydrogen-bond acceptors (Lipinski definition) is 2. The first-order valence-corrected chi connectivity index (χ1v) is 12.7. The van der Waals surface area contributed by atoms with E-state index in [0.29, 0.717) is 17.8 Å². The molecule has 29 heavy (non-hydrogen) atoms. The van der Waals surface area contributed by atoms with Crippen molar-refractivity contribution < 1.29 is 10.2 Å². The molecule has 2 heteroatoms. The molecule has 4 aliphatic rings. The van der Waals surface area contributed by atoms with Gasteiger partial charge in [0.05, 0.1) is 12.2 Å². The molecule has 0 saturated heterocycles. The lowest BCUT2D eigenvalue weighted by Gasteiger charge is -2.59. The fourth-order valence-corrected chi connectivity index (χ4v) is 8.71. The van der Waals surface area contributed by atoms with Crippen LogP contribution in [-0.2, 0) is 0 Å². The van der Waals surface area contributed by atoms with Crippen molar-refractivity contribution in [2.24, 2.45) is 46.3 Å². The van der Waals surface area contributed by atoms with Gasteiger partial charge in [-0.2, -0.15) is 0 Å². The smallest absolute Gasteiger partial charge is 0.0836 e. The summed E-state index contributed by atoms with van der Waals surface area (Å²) < 4.78 is 0. The predicted octanol–water partition coefficient (Wildman–Crippen LogP) is 6.36. The maximum atomic E-state index is 10.5. The Kier molecular flexibility index (Phi) is 6.01. The molecule has 0 bridgehead atoms. The van der Waals surface area contributed by atoms with Gasteiger partial charge >= 0.3 is 0 Å². The largest absolute Gasteiger partial charge is 0.390 e. The molecule has 3 saturated carbocycles. The van der Waals surface area contributed by atoms with Crippen LogP contribution < -0.4 is 0 Å². The fourth-order valence-electron chi connectivity index (χ4n) is 8.71. The number of fused-ring (bicyclic) bond motifs is 5. The van der Waals surface area contributed by atoms with E-state index in [4.69, 9.17) is 0 Å². The van der Waals surface area contributed by atoms with Crippen LogP contribution in [0.25, 0.3) is 0 Å². The molecule has 0 aromatic heterocycles. The zero-order valence-electron chi connectivity index (χ0n) is 19.7. The summed E-state index contributed by atoms with van der Waals surface area (Å²) in [5, 5.41) is 20.7. The summed E-state index contributed by atoms with van der Waals surface area (Å²) in [5.41, 5.74) is 2.09. The van der Waals surface area contributed by atoms with Gasteiger partial charge in [0.2, 0.25) is 0 Å². The van der Waals surface area contributed by atoms with Crippen molar-refractivity contribution in [2.75, 3.05) is 0 Å². The van der Waals surface area contributed by atoms with Crippen molar-refractivity contribution in [2.45, 2.75) is 111 Å². The Labute approximate surface area is 179 Å². The average Bonchev–Trinajstić information content (AvgIpc) is 3.00. The monoisotopic (exact) mass is 402 g/mol. The van der Waals surface area contributed by atoms with Crippen LogP contribution in [0.5, 0.6) is 0 Å². The van der Waals surface area contributed by atoms with E-state index in [1.165, 1.54) is 56.9 Å². The molecule has 0 radical (unpaired) electrons. The van der Waals surface area contributed by atoms with Crippen molar-refractivity contribution in [1.82, 2.24) is 0 Å². The second kappa shape index (κ2) is 7.97. The zero-order chi connectivity index (χ0) is 21.0. The van der Waals surface area contributed by atoms with Crippen LogP contribution in [0.15, 0.2) is 11.6 Å². The third-order valence-electron chi connectivity index (χ3n) is 10.3. The fraction of sp³-hybridized carbons (Fsp3) is 0.926. The highest BCUT2D eigenvalue weighted by Crippen LogP contribution is 2.67. The Bertz CT molecular complexity index is 624. The number of rotatable bonds is 5. The first-order valence-electron chi connectivity index (χ1n) is 12.7. The third kappa shape index (κ3) is 3.65. The van der Waals surface area contributed by atoms with Gasteiger partial charge in [0.15, 0.2) is 0 Å². The van der Waals surface area contributed by atoms with Crippen molar-refractivity contribution in [3.05, 3.63) is 11.6 Å². The Morgan fingerprint density at radius 2 is 1.76 bits per heavy atom. The quantitative estimate of drug-likeness (QED) is 0.525. The maximum absolute atomic E-state index is 10.5. The molecule has 0 aromatic carbocycles. The molecule has 166 valence electrons. The average molecular weight is 403 g/mol. The highest BCUT2D eigenvalue weighted by atomic mass is 16.3. The number of aliphatic hydroxyl groups excluding tert-OH is 2. The van der Waals surface area contributed by atoms with Crippen LogP contribution in [-0.4, -0.2) is 22.4 Å². The summed E-state index contributed by atoms with van der Waals surface area (Å²) >= 11 is 0. The van der Waals surface area contributed by atoms with E-state index in [1.807, 2.05) is 0 Å². The molecule has 0 aliphatic heterocycles. The van der Waals surface area contributed by atoms with Crippen molar-refractivity contribution >= 4 is 0 Å². The van der Waals surface area contributed by atoms with E-state index in [0.717, 1.165) is 36.0 Å². The van der Waals surface area contributed by atoms with Crippen molar-refractivity contribution in [1.29, 1.82) is 0 Å². The lowest BCUT2D eigenvalue weighted by Crippen LogP contribution is -2.53. The lowest BCUT2D eigenvalue weighted by molar-refractivity contribution is -0.0889. The van der Waals surface area contributed by atoms with Crippen LogP contribution in [0.3, 0.4) is 0 Å². The predicted molar refractivity (Wildman–Crippen MR) is 120 cm³/mol. The molecule has 4 aliphatic carbocycles. The van der Waals surface area contributed by atoms with E-state index in [-0.39, 0.29) is 5.41 Å². The number of allylic oxidation sites excluding steroid dienone is 1. The summed E-state index contributed by atoms with van der Waals surface area (Å²) in [6.07, 6.45) is 13.8. The van der Waals surface area contributed by atoms with Crippen LogP contribution in [0.1, 0.15) is 98.8 Å². The second-order valence-corrected chi connectivity index (χ2v) is 12.3. The van der Waals surface area contributed by atoms with Gasteiger partial charge in [-0.3, -0.25) is 0 Å². The van der Waals surface area contributed by atoms with Gasteiger partial charge in [-0.15, -0.1) is 0 Å². The SMILES string of the molecule is CC(C)CCC[C@@H](C)[C@H]1CC[C@H]2[C@@H]3CC=C4C[C@H](O)[C@H](O)C[C@]4(C)[C@H]3CC[C@]12C. The highest BCUT2D eigenvalue weighted by molar-refractivity contribution is 5.26. The first kappa shape index (κ1) is 21.9. The van der Waals surface area contributed by atoms with Gasteiger partial charge in [-0.05, 0) is 91.3 Å². The second-order valence-electron chi connectivity index (χ2n) is 12.3. The van der Waals surface area contributed by atoms with E-state index in [9.17, 15) is 10.2 Å². The molecule has 3 fully saturated rings. The van der Waals surface area contributed by atoms with E-state index >= 15 is 0 Å². The van der Waals surface area contributed by atoms with Crippen LogP contribution >= 0.6 is 0 Å². The molecule has 2 N–H and O–H groups in total. The van der Waals surface area contributed by atoms with Gasteiger partial charge in [-0.1, -0.05) is 65.5 Å². The Hall–Kier alpha value is -0.340. The van der Waals surface area contributed by atoms with Gasteiger partial charge in [0, 0.05) is 0 Å². The molecule has 0 amide bonds. The normalized spacial score (nSPS) is 47.9. The van der Waals surface area contributed by atoms with E-state index < -0.39 is 12.2 Å². The van der Waals surface area contributed by atoms with Gasteiger partial charge < -0.3 is 10.2 Å². The van der Waals surface area contributed by atoms with Crippen LogP contribution in [0.4, 0.5) is 0 Å².